The quantitative estimate of drug-likeness (QED) is 0.0133. The first-order valence-electron chi connectivity index (χ1n) is 24.5. The molecule has 5 aromatic rings. The van der Waals surface area contributed by atoms with Crippen LogP contribution in [-0.4, -0.2) is 78.6 Å². The second-order valence-corrected chi connectivity index (χ2v) is 21.5. The Morgan fingerprint density at radius 2 is 1.33 bits per heavy atom. The largest absolute Gasteiger partial charge is 0.490 e. The predicted octanol–water partition coefficient (Wildman–Crippen LogP) is 14.1. The standard InChI is InChI=1S/C26H34FN3O5.C22H26FN3O.C3H4O3.C2HF3O2.CH2Cl2/c1-25(2,3)35-24(31)29(18-10-12-26(4,5)13-11-18)16-17-6-8-19(9-7-17)34-23-15-21(28)22(30(32)33)14-20(23)27;1-22(2)9-7-16(8-10-22)24-13-15-3-5-17(6-4-15)27-21-12-20-19(11-18(21)23)25-14-26-20;1-3(5)6-2-4;3-2(4,5)1(6)7;2-1-3/h6-9,14-15,18H,10-13,16,28H2,1-5H3;3-6,11-12,14,16,24H,7-10,13H2,1-2H3,(H,25,26);2H,1H3;(H,6,7);1H2. The first-order valence-corrected chi connectivity index (χ1v) is 25.6. The number of alkyl halides is 5. The van der Waals surface area contributed by atoms with Crippen LogP contribution in [0.4, 0.5) is 38.1 Å². The van der Waals surface area contributed by atoms with E-state index in [1.54, 1.807) is 41.6 Å². The molecular formula is C54H67Cl2F5N6O11. The van der Waals surface area contributed by atoms with E-state index in [-0.39, 0.29) is 46.5 Å². The molecule has 428 valence electrons. The summed E-state index contributed by atoms with van der Waals surface area (Å²) in [4.78, 5) is 59.7. The Kier molecular flexibility index (Phi) is 25.0. The molecule has 0 bridgehead atoms. The number of H-pyrrole nitrogens is 1. The minimum Gasteiger partial charge on any atom is -0.475 e. The molecule has 2 saturated carbocycles. The monoisotopic (exact) mass is 1140 g/mol. The summed E-state index contributed by atoms with van der Waals surface area (Å²) in [6.07, 6.45) is 5.05. The molecule has 0 radical (unpaired) electrons. The van der Waals surface area contributed by atoms with Crippen molar-refractivity contribution in [3.63, 3.8) is 0 Å². The van der Waals surface area contributed by atoms with Crippen molar-refractivity contribution in [1.29, 1.82) is 0 Å². The number of nitro groups is 1. The van der Waals surface area contributed by atoms with Gasteiger partial charge in [0.2, 0.25) is 0 Å². The molecule has 78 heavy (non-hydrogen) atoms. The number of aromatic nitrogens is 2. The van der Waals surface area contributed by atoms with Crippen LogP contribution < -0.4 is 20.5 Å². The van der Waals surface area contributed by atoms with Crippen molar-refractivity contribution in [3.05, 3.63) is 112 Å². The molecule has 1 heterocycles. The Balaban J connectivity index is 0.000000326. The topological polar surface area (TPSA) is 239 Å². The third-order valence-electron chi connectivity index (χ3n) is 12.2. The van der Waals surface area contributed by atoms with Gasteiger partial charge in [0.1, 0.15) is 22.8 Å². The fraction of sp³-hybridized carbons (Fsp3) is 0.463. The lowest BCUT2D eigenvalue weighted by Gasteiger charge is -2.40. The molecule has 0 unspecified atom stereocenters. The van der Waals surface area contributed by atoms with Gasteiger partial charge in [0, 0.05) is 50.3 Å². The number of carbonyl (C=O) groups excluding carboxylic acids is 3. The molecule has 24 heteroatoms. The molecule has 1 aromatic heterocycles. The van der Waals surface area contributed by atoms with Crippen LogP contribution in [0, 0.1) is 32.6 Å². The molecule has 0 spiro atoms. The number of imidazole rings is 1. The van der Waals surface area contributed by atoms with E-state index in [0.29, 0.717) is 40.5 Å². The number of halogens is 7. The first kappa shape index (κ1) is 65.5. The fourth-order valence-corrected chi connectivity index (χ4v) is 7.89. The van der Waals surface area contributed by atoms with Gasteiger partial charge in [0.05, 0.1) is 33.7 Å². The summed E-state index contributed by atoms with van der Waals surface area (Å²) in [5.41, 5.74) is 8.52. The predicted molar refractivity (Wildman–Crippen MR) is 285 cm³/mol. The van der Waals surface area contributed by atoms with Crippen molar-refractivity contribution in [3.8, 4) is 23.0 Å². The number of rotatable bonds is 12. The number of ether oxygens (including phenoxy) is 4. The molecule has 7 rings (SSSR count). The van der Waals surface area contributed by atoms with Crippen LogP contribution >= 0.6 is 23.2 Å². The second-order valence-electron chi connectivity index (χ2n) is 20.7. The van der Waals surface area contributed by atoms with Crippen LogP contribution in [0.5, 0.6) is 23.0 Å². The number of aliphatic carboxylic acids is 1. The number of esters is 1. The highest BCUT2D eigenvalue weighted by Crippen LogP contribution is 2.39. The highest BCUT2D eigenvalue weighted by atomic mass is 35.5. The van der Waals surface area contributed by atoms with E-state index >= 15 is 0 Å². The number of amides is 1. The maximum Gasteiger partial charge on any atom is 0.490 e. The van der Waals surface area contributed by atoms with Crippen LogP contribution in [0.3, 0.4) is 0 Å². The molecule has 0 aliphatic heterocycles. The van der Waals surface area contributed by atoms with Gasteiger partial charge in [-0.3, -0.25) is 19.7 Å². The number of fused-ring (bicyclic) bond motifs is 1. The van der Waals surface area contributed by atoms with E-state index < -0.39 is 46.0 Å². The van der Waals surface area contributed by atoms with Gasteiger partial charge < -0.3 is 45.0 Å². The summed E-state index contributed by atoms with van der Waals surface area (Å²) in [6.45, 7) is 17.2. The zero-order valence-corrected chi connectivity index (χ0v) is 46.1. The summed E-state index contributed by atoms with van der Waals surface area (Å²) in [6, 6.07) is 20.3. The van der Waals surface area contributed by atoms with Crippen molar-refractivity contribution in [1.82, 2.24) is 20.2 Å². The number of carboxylic acid groups (broad SMARTS) is 1. The number of benzene rings is 4. The highest BCUT2D eigenvalue weighted by Gasteiger charge is 2.38. The SMILES string of the molecule is CC(=O)OC=O.CC1(C)CCC(N(Cc2ccc(Oc3cc(N)c([N+](=O)[O-])cc3F)cc2)C(=O)OC(C)(C)C)CC1.CC1(C)CCC(NCc2ccc(Oc3cc4nc[nH]c4cc3F)cc2)CC1.ClCCl.O=C(O)C(F)(F)F. The number of hydrogen-bond acceptors (Lipinski definition) is 13. The van der Waals surface area contributed by atoms with E-state index in [0.717, 1.165) is 56.8 Å². The second kappa shape index (κ2) is 29.8. The van der Waals surface area contributed by atoms with Crippen molar-refractivity contribution in [2.75, 3.05) is 11.1 Å². The summed E-state index contributed by atoms with van der Waals surface area (Å²) in [7, 11) is 0. The van der Waals surface area contributed by atoms with Crippen LogP contribution in [0.2, 0.25) is 0 Å². The lowest BCUT2D eigenvalue weighted by atomic mass is 9.75. The minimum atomic E-state index is -5.08. The average Bonchev–Trinajstić information content (AvgIpc) is 3.81. The van der Waals surface area contributed by atoms with Gasteiger partial charge in [-0.05, 0) is 118 Å². The number of nitrogens with zero attached hydrogens (tertiary/aromatic N) is 3. The lowest BCUT2D eigenvalue weighted by molar-refractivity contribution is -0.384. The maximum absolute atomic E-state index is 14.3. The number of nitrogens with one attached hydrogen (secondary N) is 2. The molecule has 2 aliphatic rings. The third-order valence-corrected chi connectivity index (χ3v) is 12.2. The number of anilines is 1. The third kappa shape index (κ3) is 23.1. The summed E-state index contributed by atoms with van der Waals surface area (Å²) in [5.74, 6) is -3.69. The summed E-state index contributed by atoms with van der Waals surface area (Å²) >= 11 is 9.53. The number of nitro benzene ring substituents is 1. The van der Waals surface area contributed by atoms with E-state index in [4.69, 9.17) is 53.0 Å². The van der Waals surface area contributed by atoms with Gasteiger partial charge in [0.25, 0.3) is 5.69 Å². The fourth-order valence-electron chi connectivity index (χ4n) is 7.89. The van der Waals surface area contributed by atoms with Gasteiger partial charge >= 0.3 is 30.7 Å². The highest BCUT2D eigenvalue weighted by molar-refractivity contribution is 6.40. The van der Waals surface area contributed by atoms with Crippen molar-refractivity contribution in [2.45, 2.75) is 144 Å². The van der Waals surface area contributed by atoms with Crippen LogP contribution in [-0.2, 0) is 36.9 Å². The Morgan fingerprint density at radius 1 is 0.859 bits per heavy atom. The van der Waals surface area contributed by atoms with Gasteiger partial charge in [-0.2, -0.15) is 13.2 Å². The number of aromatic amines is 1. The van der Waals surface area contributed by atoms with Gasteiger partial charge in [-0.1, -0.05) is 52.0 Å². The van der Waals surface area contributed by atoms with E-state index in [1.165, 1.54) is 37.3 Å². The van der Waals surface area contributed by atoms with Gasteiger partial charge in [0.15, 0.2) is 23.1 Å². The molecular weight excluding hydrogens is 1070 g/mol. The maximum atomic E-state index is 14.3. The van der Waals surface area contributed by atoms with Crippen molar-refractivity contribution < 1.29 is 70.1 Å². The number of nitrogens with two attached hydrogens (primary N) is 1. The van der Waals surface area contributed by atoms with E-state index in [9.17, 15) is 46.5 Å². The number of hydrogen-bond donors (Lipinski definition) is 4. The van der Waals surface area contributed by atoms with Gasteiger partial charge in [-0.15, -0.1) is 23.2 Å². The van der Waals surface area contributed by atoms with Crippen molar-refractivity contribution in [2.24, 2.45) is 10.8 Å². The van der Waals surface area contributed by atoms with Crippen LogP contribution in [0.1, 0.15) is 118 Å². The molecule has 2 aliphatic carbocycles. The molecule has 1 amide bonds. The first-order chi connectivity index (χ1) is 36.3. The average molecular weight is 1140 g/mol. The minimum absolute atomic E-state index is 0.0889. The molecule has 5 N–H and O–H groups in total. The Labute approximate surface area is 459 Å². The zero-order valence-electron chi connectivity index (χ0n) is 44.6. The van der Waals surface area contributed by atoms with E-state index in [1.807, 2.05) is 45.0 Å². The number of nitrogen functional groups attached to an aromatic ring is 1. The lowest BCUT2D eigenvalue weighted by Crippen LogP contribution is -2.45. The summed E-state index contributed by atoms with van der Waals surface area (Å²) < 4.78 is 80.8. The van der Waals surface area contributed by atoms with Crippen LogP contribution in [0.25, 0.3) is 11.0 Å². The van der Waals surface area contributed by atoms with E-state index in [2.05, 4.69) is 47.7 Å². The van der Waals surface area contributed by atoms with Crippen LogP contribution in [0.15, 0.2) is 79.1 Å². The molecule has 17 nitrogen and oxygen atoms in total. The number of carboxylic acids is 1. The number of carbonyl (C=O) groups is 4. The smallest absolute Gasteiger partial charge is 0.475 e. The molecule has 0 atom stereocenters. The Hall–Kier alpha value is -6.78. The Bertz CT molecular complexity index is 2740. The van der Waals surface area contributed by atoms with Crippen molar-refractivity contribution >= 4 is 70.1 Å². The van der Waals surface area contributed by atoms with Gasteiger partial charge in [-0.25, -0.2) is 23.4 Å². The normalized spacial score (nSPS) is 14.9. The zero-order chi connectivity index (χ0) is 58.6. The molecule has 0 saturated heterocycles. The Morgan fingerprint density at radius 3 is 1.78 bits per heavy atom. The summed E-state index contributed by atoms with van der Waals surface area (Å²) in [5, 5.41) is 21.9. The molecule has 2 fully saturated rings. The molecule has 4 aromatic carbocycles.